The SMILES string of the molecule is O=C(Cc1ccccc1Br)Nc1ccc(NC2CC2)cn1. The van der Waals surface area contributed by atoms with E-state index in [9.17, 15) is 4.79 Å². The number of rotatable bonds is 5. The Morgan fingerprint density at radius 3 is 2.71 bits per heavy atom. The molecule has 1 amide bonds. The molecule has 1 aromatic heterocycles. The van der Waals surface area contributed by atoms with Gasteiger partial charge in [-0.05, 0) is 36.6 Å². The van der Waals surface area contributed by atoms with Crippen LogP contribution in [0.4, 0.5) is 11.5 Å². The summed E-state index contributed by atoms with van der Waals surface area (Å²) in [6.07, 6.45) is 4.53. The molecule has 0 atom stereocenters. The zero-order valence-corrected chi connectivity index (χ0v) is 13.1. The van der Waals surface area contributed by atoms with E-state index in [1.807, 2.05) is 36.4 Å². The first-order valence-electron chi connectivity index (χ1n) is 6.96. The molecule has 4 nitrogen and oxygen atoms in total. The lowest BCUT2D eigenvalue weighted by atomic mass is 10.1. The summed E-state index contributed by atoms with van der Waals surface area (Å²) in [5, 5.41) is 6.18. The number of benzene rings is 1. The molecule has 1 aromatic carbocycles. The van der Waals surface area contributed by atoms with E-state index in [0.29, 0.717) is 18.3 Å². The molecule has 0 bridgehead atoms. The maximum Gasteiger partial charge on any atom is 0.229 e. The lowest BCUT2D eigenvalue weighted by Gasteiger charge is -2.08. The van der Waals surface area contributed by atoms with Crippen molar-refractivity contribution in [3.63, 3.8) is 0 Å². The summed E-state index contributed by atoms with van der Waals surface area (Å²) in [4.78, 5) is 16.3. The molecule has 1 fully saturated rings. The second-order valence-corrected chi connectivity index (χ2v) is 6.02. The van der Waals surface area contributed by atoms with Crippen LogP contribution in [0.5, 0.6) is 0 Å². The third-order valence-corrected chi connectivity index (χ3v) is 4.06. The predicted octanol–water partition coefficient (Wildman–Crippen LogP) is 3.60. The van der Waals surface area contributed by atoms with Crippen molar-refractivity contribution in [1.82, 2.24) is 4.98 Å². The van der Waals surface area contributed by atoms with Crippen LogP contribution in [-0.4, -0.2) is 16.9 Å². The van der Waals surface area contributed by atoms with Gasteiger partial charge in [-0.1, -0.05) is 34.1 Å². The number of carbonyl (C=O) groups excluding carboxylic acids is 1. The molecular weight excluding hydrogens is 330 g/mol. The van der Waals surface area contributed by atoms with Crippen molar-refractivity contribution < 1.29 is 4.79 Å². The number of aromatic nitrogens is 1. The Morgan fingerprint density at radius 2 is 2.05 bits per heavy atom. The number of amides is 1. The van der Waals surface area contributed by atoms with Crippen LogP contribution in [0.3, 0.4) is 0 Å². The van der Waals surface area contributed by atoms with Crippen molar-refractivity contribution in [2.24, 2.45) is 0 Å². The van der Waals surface area contributed by atoms with E-state index >= 15 is 0 Å². The average Bonchev–Trinajstić information content (AvgIpc) is 3.28. The first-order chi connectivity index (χ1) is 10.2. The summed E-state index contributed by atoms with van der Waals surface area (Å²) < 4.78 is 0.942. The predicted molar refractivity (Wildman–Crippen MR) is 87.4 cm³/mol. The minimum Gasteiger partial charge on any atom is -0.381 e. The molecule has 0 spiro atoms. The molecule has 108 valence electrons. The third-order valence-electron chi connectivity index (χ3n) is 3.29. The number of halogens is 1. The Kier molecular flexibility index (Phi) is 4.20. The number of pyridine rings is 1. The largest absolute Gasteiger partial charge is 0.381 e. The van der Waals surface area contributed by atoms with Gasteiger partial charge in [-0.2, -0.15) is 0 Å². The van der Waals surface area contributed by atoms with Gasteiger partial charge in [0.15, 0.2) is 0 Å². The van der Waals surface area contributed by atoms with Crippen LogP contribution in [0, 0.1) is 0 Å². The second-order valence-electron chi connectivity index (χ2n) is 5.17. The first-order valence-corrected chi connectivity index (χ1v) is 7.76. The van der Waals surface area contributed by atoms with Crippen LogP contribution >= 0.6 is 15.9 Å². The Balaban J connectivity index is 1.57. The van der Waals surface area contributed by atoms with Crippen LogP contribution in [0.1, 0.15) is 18.4 Å². The molecule has 1 aliphatic rings. The lowest BCUT2D eigenvalue weighted by molar-refractivity contribution is -0.115. The van der Waals surface area contributed by atoms with E-state index < -0.39 is 0 Å². The lowest BCUT2D eigenvalue weighted by Crippen LogP contribution is -2.15. The van der Waals surface area contributed by atoms with Gasteiger partial charge < -0.3 is 10.6 Å². The van der Waals surface area contributed by atoms with Gasteiger partial charge in [0.05, 0.1) is 18.3 Å². The van der Waals surface area contributed by atoms with Gasteiger partial charge in [-0.25, -0.2) is 4.98 Å². The number of hydrogen-bond donors (Lipinski definition) is 2. The Bertz CT molecular complexity index is 638. The van der Waals surface area contributed by atoms with Crippen LogP contribution in [0.25, 0.3) is 0 Å². The average molecular weight is 346 g/mol. The molecule has 0 aliphatic heterocycles. The maximum absolute atomic E-state index is 12.0. The van der Waals surface area contributed by atoms with Crippen molar-refractivity contribution in [2.45, 2.75) is 25.3 Å². The molecular formula is C16H16BrN3O. The monoisotopic (exact) mass is 345 g/mol. The quantitative estimate of drug-likeness (QED) is 0.870. The van der Waals surface area contributed by atoms with Crippen LogP contribution in [-0.2, 0) is 11.2 Å². The van der Waals surface area contributed by atoms with Crippen molar-refractivity contribution in [2.75, 3.05) is 10.6 Å². The summed E-state index contributed by atoms with van der Waals surface area (Å²) in [5.74, 6) is 0.505. The van der Waals surface area contributed by atoms with Gasteiger partial charge in [0.2, 0.25) is 5.91 Å². The van der Waals surface area contributed by atoms with Gasteiger partial charge in [-0.3, -0.25) is 4.79 Å². The zero-order chi connectivity index (χ0) is 14.7. The van der Waals surface area contributed by atoms with E-state index in [1.165, 1.54) is 12.8 Å². The Morgan fingerprint density at radius 1 is 1.24 bits per heavy atom. The fraction of sp³-hybridized carbons (Fsp3) is 0.250. The number of nitrogens with one attached hydrogen (secondary N) is 2. The zero-order valence-electron chi connectivity index (χ0n) is 11.5. The fourth-order valence-corrected chi connectivity index (χ4v) is 2.44. The number of carbonyl (C=O) groups is 1. The Hall–Kier alpha value is -1.88. The normalized spacial score (nSPS) is 13.8. The van der Waals surface area contributed by atoms with Crippen LogP contribution < -0.4 is 10.6 Å². The molecule has 0 radical (unpaired) electrons. The van der Waals surface area contributed by atoms with E-state index in [2.05, 4.69) is 31.5 Å². The summed E-state index contributed by atoms with van der Waals surface area (Å²) in [5.41, 5.74) is 1.96. The Labute approximate surface area is 132 Å². The molecule has 3 rings (SSSR count). The van der Waals surface area contributed by atoms with Gasteiger partial charge in [-0.15, -0.1) is 0 Å². The fourth-order valence-electron chi connectivity index (χ4n) is 2.02. The highest BCUT2D eigenvalue weighted by molar-refractivity contribution is 9.10. The molecule has 1 saturated carbocycles. The van der Waals surface area contributed by atoms with Crippen LogP contribution in [0.15, 0.2) is 47.1 Å². The van der Waals surface area contributed by atoms with Gasteiger partial charge >= 0.3 is 0 Å². The van der Waals surface area contributed by atoms with Crippen molar-refractivity contribution in [3.8, 4) is 0 Å². The highest BCUT2D eigenvalue weighted by atomic mass is 79.9. The van der Waals surface area contributed by atoms with Crippen molar-refractivity contribution >= 4 is 33.3 Å². The van der Waals surface area contributed by atoms with E-state index in [0.717, 1.165) is 15.7 Å². The molecule has 2 aromatic rings. The van der Waals surface area contributed by atoms with Crippen molar-refractivity contribution in [3.05, 3.63) is 52.6 Å². The van der Waals surface area contributed by atoms with Gasteiger partial charge in [0.25, 0.3) is 0 Å². The van der Waals surface area contributed by atoms with E-state index in [1.54, 1.807) is 6.20 Å². The highest BCUT2D eigenvalue weighted by Crippen LogP contribution is 2.24. The summed E-state index contributed by atoms with van der Waals surface area (Å²) in [6, 6.07) is 12.1. The first kappa shape index (κ1) is 14.1. The van der Waals surface area contributed by atoms with Gasteiger partial charge in [0, 0.05) is 10.5 Å². The molecule has 0 saturated heterocycles. The maximum atomic E-state index is 12.0. The van der Waals surface area contributed by atoms with Crippen molar-refractivity contribution in [1.29, 1.82) is 0 Å². The highest BCUT2D eigenvalue weighted by Gasteiger charge is 2.20. The summed E-state index contributed by atoms with van der Waals surface area (Å²) >= 11 is 3.44. The molecule has 1 aliphatic carbocycles. The minimum absolute atomic E-state index is 0.0719. The number of anilines is 2. The number of nitrogens with zero attached hydrogens (tertiary/aromatic N) is 1. The molecule has 1 heterocycles. The molecule has 0 unspecified atom stereocenters. The minimum atomic E-state index is -0.0719. The molecule has 21 heavy (non-hydrogen) atoms. The standard InChI is InChI=1S/C16H16BrN3O/c17-14-4-2-1-3-11(14)9-16(21)20-15-8-7-13(10-18-15)19-12-5-6-12/h1-4,7-8,10,12,19H,5-6,9H2,(H,18,20,21). The number of hydrogen-bond acceptors (Lipinski definition) is 3. The smallest absolute Gasteiger partial charge is 0.229 e. The second kappa shape index (κ2) is 6.26. The van der Waals surface area contributed by atoms with Gasteiger partial charge in [0.1, 0.15) is 5.82 Å². The topological polar surface area (TPSA) is 54.0 Å². The van der Waals surface area contributed by atoms with E-state index in [4.69, 9.17) is 0 Å². The molecule has 2 N–H and O–H groups in total. The summed E-state index contributed by atoms with van der Waals surface area (Å²) in [7, 11) is 0. The van der Waals surface area contributed by atoms with E-state index in [-0.39, 0.29) is 5.91 Å². The third kappa shape index (κ3) is 4.04. The summed E-state index contributed by atoms with van der Waals surface area (Å²) in [6.45, 7) is 0. The molecule has 5 heteroatoms. The van der Waals surface area contributed by atoms with Crippen LogP contribution in [0.2, 0.25) is 0 Å².